The molecule has 21 heavy (non-hydrogen) atoms. The van der Waals surface area contributed by atoms with E-state index in [9.17, 15) is 13.2 Å². The number of esters is 1. The molecule has 2 N–H and O–H groups in total. The van der Waals surface area contributed by atoms with Gasteiger partial charge in [-0.2, -0.15) is 4.31 Å². The summed E-state index contributed by atoms with van der Waals surface area (Å²) in [6.45, 7) is 0.688. The summed E-state index contributed by atoms with van der Waals surface area (Å²) < 4.78 is 36.0. The monoisotopic (exact) mass is 314 g/mol. The molecule has 0 bridgehead atoms. The van der Waals surface area contributed by atoms with Gasteiger partial charge in [-0.25, -0.2) is 13.2 Å². The average Bonchev–Trinajstić information content (AvgIpc) is 2.93. The fourth-order valence-electron chi connectivity index (χ4n) is 2.23. The molecule has 0 radical (unpaired) electrons. The number of nitrogens with zero attached hydrogens (tertiary/aromatic N) is 1. The Morgan fingerprint density at radius 2 is 2.10 bits per heavy atom. The molecule has 116 valence electrons. The number of benzene rings is 1. The van der Waals surface area contributed by atoms with E-state index in [-0.39, 0.29) is 22.3 Å². The molecule has 0 aromatic heterocycles. The maximum atomic E-state index is 12.5. The number of carbonyl (C=O) groups excluding carboxylic acids is 1. The van der Waals surface area contributed by atoms with Crippen molar-refractivity contribution < 1.29 is 22.7 Å². The maximum Gasteiger partial charge on any atom is 0.341 e. The number of hydrogen-bond donors (Lipinski definition) is 1. The Kier molecular flexibility index (Phi) is 4.50. The van der Waals surface area contributed by atoms with Gasteiger partial charge >= 0.3 is 5.97 Å². The Morgan fingerprint density at radius 1 is 1.38 bits per heavy atom. The molecule has 1 aliphatic heterocycles. The van der Waals surface area contributed by atoms with Crippen LogP contribution in [0.2, 0.25) is 0 Å². The number of ether oxygens (including phenoxy) is 2. The Hall–Kier alpha value is -1.64. The molecule has 1 fully saturated rings. The average molecular weight is 314 g/mol. The maximum absolute atomic E-state index is 12.5. The number of methoxy groups -OCH3 is 2. The summed E-state index contributed by atoms with van der Waals surface area (Å²) in [5, 5.41) is 0. The van der Waals surface area contributed by atoms with Gasteiger partial charge in [0, 0.05) is 25.2 Å². The van der Waals surface area contributed by atoms with Crippen LogP contribution in [0.3, 0.4) is 0 Å². The normalized spacial score (nSPS) is 19.5. The molecule has 1 aromatic rings. The molecular weight excluding hydrogens is 296 g/mol. The molecule has 0 unspecified atom stereocenters. The number of hydrogen-bond acceptors (Lipinski definition) is 6. The molecule has 2 rings (SSSR count). The summed E-state index contributed by atoms with van der Waals surface area (Å²) in [7, 11) is -1.02. The van der Waals surface area contributed by atoms with Crippen LogP contribution in [0, 0.1) is 0 Å². The number of rotatable bonds is 4. The lowest BCUT2D eigenvalue weighted by Gasteiger charge is -2.17. The van der Waals surface area contributed by atoms with E-state index in [1.807, 2.05) is 0 Å². The number of nitrogens with two attached hydrogens (primary N) is 1. The molecular formula is C13H18N2O5S. The van der Waals surface area contributed by atoms with Crippen LogP contribution in [0.15, 0.2) is 23.1 Å². The highest BCUT2D eigenvalue weighted by molar-refractivity contribution is 7.89. The lowest BCUT2D eigenvalue weighted by atomic mass is 10.2. The Balaban J connectivity index is 2.39. The number of sulfonamides is 1. The third kappa shape index (κ3) is 3.02. The van der Waals surface area contributed by atoms with Crippen LogP contribution in [-0.4, -0.2) is 52.0 Å². The van der Waals surface area contributed by atoms with E-state index in [1.54, 1.807) is 0 Å². The standard InChI is InChI=1S/C13H18N2O5S/c1-19-12-7-10(3-4-11(12)13(16)20-2)21(17,18)15-6-5-9(14)8-15/h3-4,7,9H,5-6,8,14H2,1-2H3/t9-/m1/s1. The van der Waals surface area contributed by atoms with Gasteiger partial charge in [0.05, 0.1) is 19.1 Å². The van der Waals surface area contributed by atoms with Gasteiger partial charge in [-0.1, -0.05) is 0 Å². The molecule has 1 heterocycles. The predicted molar refractivity (Wildman–Crippen MR) is 75.7 cm³/mol. The largest absolute Gasteiger partial charge is 0.496 e. The van der Waals surface area contributed by atoms with Crippen molar-refractivity contribution in [2.45, 2.75) is 17.4 Å². The van der Waals surface area contributed by atoms with Crippen LogP contribution in [0.1, 0.15) is 16.8 Å². The van der Waals surface area contributed by atoms with Crippen LogP contribution in [-0.2, 0) is 14.8 Å². The summed E-state index contributed by atoms with van der Waals surface area (Å²) in [6, 6.07) is 3.93. The highest BCUT2D eigenvalue weighted by Gasteiger charge is 2.31. The van der Waals surface area contributed by atoms with E-state index in [0.29, 0.717) is 19.5 Å². The fraction of sp³-hybridized carbons (Fsp3) is 0.462. The van der Waals surface area contributed by atoms with Crippen molar-refractivity contribution in [3.05, 3.63) is 23.8 Å². The zero-order chi connectivity index (χ0) is 15.6. The molecule has 1 saturated heterocycles. The Labute approximate surface area is 123 Å². The quantitative estimate of drug-likeness (QED) is 0.797. The number of carbonyl (C=O) groups is 1. The van der Waals surface area contributed by atoms with Gasteiger partial charge in [0.2, 0.25) is 10.0 Å². The van der Waals surface area contributed by atoms with E-state index in [1.165, 1.54) is 36.7 Å². The van der Waals surface area contributed by atoms with Gasteiger partial charge in [0.1, 0.15) is 11.3 Å². The molecule has 7 nitrogen and oxygen atoms in total. The van der Waals surface area contributed by atoms with Crippen LogP contribution in [0.25, 0.3) is 0 Å². The van der Waals surface area contributed by atoms with Crippen LogP contribution < -0.4 is 10.5 Å². The van der Waals surface area contributed by atoms with Crippen molar-refractivity contribution in [1.82, 2.24) is 4.31 Å². The van der Waals surface area contributed by atoms with E-state index >= 15 is 0 Å². The first-order valence-corrected chi connectivity index (χ1v) is 7.86. The molecule has 1 atom stereocenters. The fourth-order valence-corrected chi connectivity index (χ4v) is 3.76. The van der Waals surface area contributed by atoms with Crippen LogP contribution >= 0.6 is 0 Å². The van der Waals surface area contributed by atoms with Crippen molar-refractivity contribution in [2.24, 2.45) is 5.73 Å². The van der Waals surface area contributed by atoms with E-state index in [4.69, 9.17) is 10.5 Å². The van der Waals surface area contributed by atoms with Crippen molar-refractivity contribution in [1.29, 1.82) is 0 Å². The zero-order valence-electron chi connectivity index (χ0n) is 11.9. The van der Waals surface area contributed by atoms with Crippen molar-refractivity contribution >= 4 is 16.0 Å². The third-order valence-corrected chi connectivity index (χ3v) is 5.26. The molecule has 0 aliphatic carbocycles. The first kappa shape index (κ1) is 15.7. The summed E-state index contributed by atoms with van der Waals surface area (Å²) in [4.78, 5) is 11.6. The molecule has 1 aliphatic rings. The molecule has 0 amide bonds. The van der Waals surface area contributed by atoms with Gasteiger partial charge in [-0.3, -0.25) is 0 Å². The molecule has 0 saturated carbocycles. The van der Waals surface area contributed by atoms with Gasteiger partial charge in [0.15, 0.2) is 0 Å². The first-order chi connectivity index (χ1) is 9.90. The topological polar surface area (TPSA) is 98.9 Å². The third-order valence-electron chi connectivity index (χ3n) is 3.40. The smallest absolute Gasteiger partial charge is 0.341 e. The SMILES string of the molecule is COC(=O)c1ccc(S(=O)(=O)N2CC[C@@H](N)C2)cc1OC. The highest BCUT2D eigenvalue weighted by atomic mass is 32.2. The van der Waals surface area contributed by atoms with Gasteiger partial charge in [0.25, 0.3) is 0 Å². The summed E-state index contributed by atoms with van der Waals surface area (Å²) in [5.74, 6) is -0.426. The second-order valence-corrected chi connectivity index (χ2v) is 6.70. The molecule has 8 heteroatoms. The minimum atomic E-state index is -3.63. The van der Waals surface area contributed by atoms with E-state index in [0.717, 1.165) is 0 Å². The van der Waals surface area contributed by atoms with E-state index in [2.05, 4.69) is 4.74 Å². The molecule has 0 spiro atoms. The highest BCUT2D eigenvalue weighted by Crippen LogP contribution is 2.27. The Bertz CT molecular complexity index is 644. The second-order valence-electron chi connectivity index (χ2n) is 4.77. The summed E-state index contributed by atoms with van der Waals surface area (Å²) in [6.07, 6.45) is 0.636. The van der Waals surface area contributed by atoms with Crippen molar-refractivity contribution in [3.63, 3.8) is 0 Å². The minimum absolute atomic E-state index is 0.0705. The zero-order valence-corrected chi connectivity index (χ0v) is 12.7. The molecule has 1 aromatic carbocycles. The second kappa shape index (κ2) is 6.00. The minimum Gasteiger partial charge on any atom is -0.496 e. The summed E-state index contributed by atoms with van der Waals surface area (Å²) in [5.41, 5.74) is 5.92. The lowest BCUT2D eigenvalue weighted by Crippen LogP contribution is -2.32. The summed E-state index contributed by atoms with van der Waals surface area (Å²) >= 11 is 0. The predicted octanol–water partition coefficient (Wildman–Crippen LogP) is 0.204. The first-order valence-electron chi connectivity index (χ1n) is 6.42. The van der Waals surface area contributed by atoms with Crippen molar-refractivity contribution in [3.8, 4) is 5.75 Å². The Morgan fingerprint density at radius 3 is 2.62 bits per heavy atom. The van der Waals surface area contributed by atoms with Gasteiger partial charge in [-0.15, -0.1) is 0 Å². The van der Waals surface area contributed by atoms with Gasteiger partial charge < -0.3 is 15.2 Å². The van der Waals surface area contributed by atoms with Crippen molar-refractivity contribution in [2.75, 3.05) is 27.3 Å². The van der Waals surface area contributed by atoms with Gasteiger partial charge in [-0.05, 0) is 18.6 Å². The van der Waals surface area contributed by atoms with Crippen LogP contribution in [0.4, 0.5) is 0 Å². The van der Waals surface area contributed by atoms with Crippen LogP contribution in [0.5, 0.6) is 5.75 Å². The lowest BCUT2D eigenvalue weighted by molar-refractivity contribution is 0.0597. The van der Waals surface area contributed by atoms with E-state index < -0.39 is 16.0 Å².